The maximum absolute atomic E-state index is 8.90. The van der Waals surface area contributed by atoms with Crippen LogP contribution in [0, 0.1) is 11.3 Å². The minimum absolute atomic E-state index is 0.0835. The highest BCUT2D eigenvalue weighted by atomic mass is 79.9. The van der Waals surface area contributed by atoms with Gasteiger partial charge in [-0.2, -0.15) is 5.26 Å². The molecule has 0 aliphatic heterocycles. The molecule has 0 fully saturated rings. The minimum Gasteiger partial charge on any atom is -0.396 e. The van der Waals surface area contributed by atoms with Gasteiger partial charge >= 0.3 is 0 Å². The van der Waals surface area contributed by atoms with Crippen LogP contribution in [0.1, 0.15) is 24.2 Å². The lowest BCUT2D eigenvalue weighted by molar-refractivity contribution is 0.873. The summed E-state index contributed by atoms with van der Waals surface area (Å²) in [6, 6.07) is 13.5. The Morgan fingerprint density at radius 1 is 1.37 bits per heavy atom. The van der Waals surface area contributed by atoms with Gasteiger partial charge in [0.1, 0.15) is 11.9 Å². The molecular formula is C14H13BrN4. The SMILES string of the molecule is CC(Nc1ccc(N)c(C#N)n1)c1cccc(Br)c1. The van der Waals surface area contributed by atoms with Gasteiger partial charge in [0, 0.05) is 10.5 Å². The van der Waals surface area contributed by atoms with E-state index in [9.17, 15) is 0 Å². The smallest absolute Gasteiger partial charge is 0.165 e. The van der Waals surface area contributed by atoms with E-state index in [1.807, 2.05) is 37.3 Å². The molecule has 1 aromatic heterocycles. The van der Waals surface area contributed by atoms with Crippen LogP contribution in [0.2, 0.25) is 0 Å². The van der Waals surface area contributed by atoms with Gasteiger partial charge < -0.3 is 11.1 Å². The first kappa shape index (κ1) is 13.4. The number of nitriles is 1. The van der Waals surface area contributed by atoms with Gasteiger partial charge in [-0.1, -0.05) is 28.1 Å². The third-order valence-corrected chi connectivity index (χ3v) is 3.24. The molecule has 1 unspecified atom stereocenters. The van der Waals surface area contributed by atoms with Crippen LogP contribution in [0.3, 0.4) is 0 Å². The first-order valence-corrected chi connectivity index (χ1v) is 6.58. The van der Waals surface area contributed by atoms with Crippen molar-refractivity contribution in [2.75, 3.05) is 11.1 Å². The zero-order valence-electron chi connectivity index (χ0n) is 10.4. The summed E-state index contributed by atoms with van der Waals surface area (Å²) >= 11 is 3.45. The minimum atomic E-state index is 0.0835. The lowest BCUT2D eigenvalue weighted by atomic mass is 10.1. The number of nitrogen functional groups attached to an aromatic ring is 1. The van der Waals surface area contributed by atoms with Gasteiger partial charge in [-0.25, -0.2) is 4.98 Å². The second kappa shape index (κ2) is 5.72. The Morgan fingerprint density at radius 2 is 2.16 bits per heavy atom. The zero-order chi connectivity index (χ0) is 13.8. The number of nitrogens with two attached hydrogens (primary N) is 1. The van der Waals surface area contributed by atoms with E-state index >= 15 is 0 Å². The molecule has 19 heavy (non-hydrogen) atoms. The van der Waals surface area contributed by atoms with Crippen LogP contribution in [0.25, 0.3) is 0 Å². The normalized spacial score (nSPS) is 11.6. The zero-order valence-corrected chi connectivity index (χ0v) is 12.0. The summed E-state index contributed by atoms with van der Waals surface area (Å²) in [5, 5.41) is 12.2. The Labute approximate surface area is 120 Å². The largest absolute Gasteiger partial charge is 0.396 e. The summed E-state index contributed by atoms with van der Waals surface area (Å²) in [5.74, 6) is 0.637. The predicted octanol–water partition coefficient (Wildman–Crippen LogP) is 3.47. The fourth-order valence-electron chi connectivity index (χ4n) is 1.72. The van der Waals surface area contributed by atoms with Gasteiger partial charge in [0.15, 0.2) is 5.69 Å². The fourth-order valence-corrected chi connectivity index (χ4v) is 2.14. The average molecular weight is 317 g/mol. The molecule has 0 aliphatic carbocycles. The van der Waals surface area contributed by atoms with Crippen molar-refractivity contribution in [1.82, 2.24) is 4.98 Å². The van der Waals surface area contributed by atoms with E-state index in [1.54, 1.807) is 12.1 Å². The van der Waals surface area contributed by atoms with Crippen LogP contribution in [-0.2, 0) is 0 Å². The number of nitrogens with zero attached hydrogens (tertiary/aromatic N) is 2. The molecule has 0 amide bonds. The van der Waals surface area contributed by atoms with Gasteiger partial charge in [0.05, 0.1) is 5.69 Å². The second-order valence-corrected chi connectivity index (χ2v) is 5.08. The van der Waals surface area contributed by atoms with Gasteiger partial charge in [-0.3, -0.25) is 0 Å². The molecule has 0 radical (unpaired) electrons. The molecule has 0 saturated heterocycles. The number of benzene rings is 1. The molecule has 1 aromatic carbocycles. The highest BCUT2D eigenvalue weighted by Crippen LogP contribution is 2.22. The highest BCUT2D eigenvalue weighted by molar-refractivity contribution is 9.10. The van der Waals surface area contributed by atoms with E-state index < -0.39 is 0 Å². The van der Waals surface area contributed by atoms with E-state index in [0.717, 1.165) is 10.0 Å². The van der Waals surface area contributed by atoms with Crippen LogP contribution in [0.4, 0.5) is 11.5 Å². The van der Waals surface area contributed by atoms with Gasteiger partial charge in [-0.05, 0) is 36.8 Å². The summed E-state index contributed by atoms with van der Waals surface area (Å²) < 4.78 is 1.03. The Kier molecular flexibility index (Phi) is 4.03. The van der Waals surface area contributed by atoms with E-state index in [1.165, 1.54) is 0 Å². The standard InChI is InChI=1S/C14H13BrN4/c1-9(10-3-2-4-11(15)7-10)18-14-6-5-12(17)13(8-16)19-14/h2-7,9H,17H2,1H3,(H,18,19). The van der Waals surface area contributed by atoms with Crippen molar-refractivity contribution in [3.63, 3.8) is 0 Å². The van der Waals surface area contributed by atoms with Crippen molar-refractivity contribution in [1.29, 1.82) is 5.26 Å². The molecule has 2 aromatic rings. The number of aromatic nitrogens is 1. The van der Waals surface area contributed by atoms with Crippen LogP contribution >= 0.6 is 15.9 Å². The molecule has 0 saturated carbocycles. The monoisotopic (exact) mass is 316 g/mol. The van der Waals surface area contributed by atoms with Crippen molar-refractivity contribution in [2.24, 2.45) is 0 Å². The lowest BCUT2D eigenvalue weighted by Crippen LogP contribution is -2.09. The Hall–Kier alpha value is -2.06. The molecular weight excluding hydrogens is 304 g/mol. The lowest BCUT2D eigenvalue weighted by Gasteiger charge is -2.15. The van der Waals surface area contributed by atoms with Crippen LogP contribution in [0.5, 0.6) is 0 Å². The van der Waals surface area contributed by atoms with Gasteiger partial charge in [0.2, 0.25) is 0 Å². The number of anilines is 2. The molecule has 0 spiro atoms. The summed E-state index contributed by atoms with van der Waals surface area (Å²) in [5.41, 5.74) is 7.41. The molecule has 5 heteroatoms. The van der Waals surface area contributed by atoms with Crippen LogP contribution in [-0.4, -0.2) is 4.98 Å². The third-order valence-electron chi connectivity index (χ3n) is 2.75. The second-order valence-electron chi connectivity index (χ2n) is 4.17. The Bertz CT molecular complexity index is 634. The van der Waals surface area contributed by atoms with Crippen molar-refractivity contribution >= 4 is 27.4 Å². The predicted molar refractivity (Wildman–Crippen MR) is 79.5 cm³/mol. The fraction of sp³-hybridized carbons (Fsp3) is 0.143. The highest BCUT2D eigenvalue weighted by Gasteiger charge is 2.08. The summed E-state index contributed by atoms with van der Waals surface area (Å²) in [6.45, 7) is 2.03. The first-order chi connectivity index (χ1) is 9.10. The molecule has 0 aliphatic rings. The van der Waals surface area contributed by atoms with Crippen molar-refractivity contribution in [3.05, 3.63) is 52.1 Å². The van der Waals surface area contributed by atoms with Crippen molar-refractivity contribution in [2.45, 2.75) is 13.0 Å². The first-order valence-electron chi connectivity index (χ1n) is 5.79. The molecule has 1 heterocycles. The summed E-state index contributed by atoms with van der Waals surface area (Å²) in [4.78, 5) is 4.17. The summed E-state index contributed by atoms with van der Waals surface area (Å²) in [7, 11) is 0. The molecule has 0 bridgehead atoms. The van der Waals surface area contributed by atoms with Crippen LogP contribution in [0.15, 0.2) is 40.9 Å². The number of hydrogen-bond donors (Lipinski definition) is 2. The van der Waals surface area contributed by atoms with Gasteiger partial charge in [-0.15, -0.1) is 0 Å². The topological polar surface area (TPSA) is 74.7 Å². The molecule has 3 N–H and O–H groups in total. The molecule has 96 valence electrons. The molecule has 4 nitrogen and oxygen atoms in total. The number of nitrogens with one attached hydrogen (secondary N) is 1. The third kappa shape index (κ3) is 3.24. The van der Waals surface area contributed by atoms with E-state index in [4.69, 9.17) is 11.0 Å². The van der Waals surface area contributed by atoms with Crippen LogP contribution < -0.4 is 11.1 Å². The van der Waals surface area contributed by atoms with Gasteiger partial charge in [0.25, 0.3) is 0 Å². The van der Waals surface area contributed by atoms with Crippen molar-refractivity contribution < 1.29 is 0 Å². The van der Waals surface area contributed by atoms with E-state index in [0.29, 0.717) is 11.5 Å². The van der Waals surface area contributed by atoms with E-state index in [-0.39, 0.29) is 11.7 Å². The number of halogens is 1. The quantitative estimate of drug-likeness (QED) is 0.909. The Balaban J connectivity index is 2.20. The Morgan fingerprint density at radius 3 is 2.84 bits per heavy atom. The average Bonchev–Trinajstić information content (AvgIpc) is 2.41. The van der Waals surface area contributed by atoms with Crippen molar-refractivity contribution in [3.8, 4) is 6.07 Å². The summed E-state index contributed by atoms with van der Waals surface area (Å²) in [6.07, 6.45) is 0. The molecule has 2 rings (SSSR count). The number of hydrogen-bond acceptors (Lipinski definition) is 4. The maximum atomic E-state index is 8.90. The maximum Gasteiger partial charge on any atom is 0.165 e. The number of pyridine rings is 1. The van der Waals surface area contributed by atoms with E-state index in [2.05, 4.69) is 26.2 Å². The number of rotatable bonds is 3. The molecule has 1 atom stereocenters.